The zero-order valence-electron chi connectivity index (χ0n) is 11.5. The van der Waals surface area contributed by atoms with Gasteiger partial charge in [0.1, 0.15) is 10.6 Å². The van der Waals surface area contributed by atoms with Gasteiger partial charge in [-0.25, -0.2) is 8.42 Å². The topological polar surface area (TPSA) is 66.8 Å². The van der Waals surface area contributed by atoms with E-state index in [4.69, 9.17) is 16.3 Å². The van der Waals surface area contributed by atoms with Crippen LogP contribution in [0, 0.1) is 0 Å². The maximum absolute atomic E-state index is 12.8. The largest absolute Gasteiger partial charge is 0.495 e. The first-order chi connectivity index (χ1) is 9.45. The van der Waals surface area contributed by atoms with Crippen molar-refractivity contribution in [1.82, 2.24) is 4.31 Å². The van der Waals surface area contributed by atoms with E-state index in [0.717, 1.165) is 12.8 Å². The highest BCUT2D eigenvalue weighted by molar-refractivity contribution is 7.89. The first-order valence-electron chi connectivity index (χ1n) is 6.44. The Balaban J connectivity index is 2.58. The minimum absolute atomic E-state index is 0.0188. The van der Waals surface area contributed by atoms with E-state index in [-0.39, 0.29) is 28.3 Å². The van der Waals surface area contributed by atoms with Crippen molar-refractivity contribution in [3.8, 4) is 5.75 Å². The van der Waals surface area contributed by atoms with Crippen LogP contribution in [0.4, 0.5) is 0 Å². The van der Waals surface area contributed by atoms with Crippen LogP contribution in [0.3, 0.4) is 0 Å². The molecule has 1 aromatic rings. The molecule has 0 spiro atoms. The number of ether oxygens (including phenoxy) is 1. The Morgan fingerprint density at radius 1 is 1.45 bits per heavy atom. The fourth-order valence-electron chi connectivity index (χ4n) is 2.28. The Hall–Kier alpha value is -0.820. The van der Waals surface area contributed by atoms with Gasteiger partial charge in [-0.15, -0.1) is 0 Å². The number of benzene rings is 1. The molecule has 1 aromatic carbocycles. The number of aliphatic hydroxyl groups is 1. The summed E-state index contributed by atoms with van der Waals surface area (Å²) in [5, 5.41) is 9.60. The first kappa shape index (κ1) is 15.6. The van der Waals surface area contributed by atoms with Crippen LogP contribution in [0.15, 0.2) is 17.0 Å². The third kappa shape index (κ3) is 2.79. The Labute approximate surface area is 124 Å². The summed E-state index contributed by atoms with van der Waals surface area (Å²) in [6.07, 6.45) is 1.76. The van der Waals surface area contributed by atoms with E-state index in [9.17, 15) is 13.5 Å². The molecule has 0 aromatic heterocycles. The van der Waals surface area contributed by atoms with Gasteiger partial charge in [-0.1, -0.05) is 18.5 Å². The SMILES string of the molecule is CCN(C1CC1)S(=O)(=O)c1cc(Cl)cc(CO)c1OC. The highest BCUT2D eigenvalue weighted by Crippen LogP contribution is 2.37. The summed E-state index contributed by atoms with van der Waals surface area (Å²) in [4.78, 5) is 0.0188. The van der Waals surface area contributed by atoms with Crippen molar-refractivity contribution < 1.29 is 18.3 Å². The predicted octanol–water partition coefficient (Wildman–Crippen LogP) is 2.01. The third-order valence-corrected chi connectivity index (χ3v) is 5.57. The van der Waals surface area contributed by atoms with Crippen molar-refractivity contribution >= 4 is 21.6 Å². The van der Waals surface area contributed by atoms with Gasteiger partial charge in [0, 0.05) is 23.2 Å². The van der Waals surface area contributed by atoms with Gasteiger partial charge in [0.05, 0.1) is 13.7 Å². The number of halogens is 1. The highest BCUT2D eigenvalue weighted by atomic mass is 35.5. The molecule has 0 heterocycles. The molecule has 112 valence electrons. The minimum atomic E-state index is -3.67. The number of nitrogens with zero attached hydrogens (tertiary/aromatic N) is 1. The van der Waals surface area contributed by atoms with Crippen LogP contribution in [0.2, 0.25) is 5.02 Å². The maximum atomic E-state index is 12.8. The molecule has 0 atom stereocenters. The van der Waals surface area contributed by atoms with Gasteiger partial charge in [-0.05, 0) is 25.0 Å². The van der Waals surface area contributed by atoms with Crippen molar-refractivity contribution in [3.05, 3.63) is 22.7 Å². The van der Waals surface area contributed by atoms with E-state index < -0.39 is 10.0 Å². The normalized spacial score (nSPS) is 15.7. The van der Waals surface area contributed by atoms with Crippen LogP contribution in [0.1, 0.15) is 25.3 Å². The van der Waals surface area contributed by atoms with E-state index in [0.29, 0.717) is 12.1 Å². The first-order valence-corrected chi connectivity index (χ1v) is 8.26. The van der Waals surface area contributed by atoms with Crippen LogP contribution in [-0.4, -0.2) is 37.5 Å². The molecule has 0 amide bonds. The van der Waals surface area contributed by atoms with Crippen molar-refractivity contribution in [1.29, 1.82) is 0 Å². The monoisotopic (exact) mass is 319 g/mol. The second-order valence-corrected chi connectivity index (χ2v) is 6.99. The fraction of sp³-hybridized carbons (Fsp3) is 0.538. The second-order valence-electron chi connectivity index (χ2n) is 4.69. The number of hydrogen-bond donors (Lipinski definition) is 1. The van der Waals surface area contributed by atoms with Crippen LogP contribution in [0.25, 0.3) is 0 Å². The van der Waals surface area contributed by atoms with Crippen molar-refractivity contribution in [2.45, 2.75) is 37.3 Å². The number of aliphatic hydroxyl groups excluding tert-OH is 1. The molecule has 20 heavy (non-hydrogen) atoms. The van der Waals surface area contributed by atoms with Crippen molar-refractivity contribution in [2.75, 3.05) is 13.7 Å². The molecule has 5 nitrogen and oxygen atoms in total. The van der Waals surface area contributed by atoms with Crippen LogP contribution in [0.5, 0.6) is 5.75 Å². The third-order valence-electron chi connectivity index (χ3n) is 3.32. The van der Waals surface area contributed by atoms with Crippen molar-refractivity contribution in [3.63, 3.8) is 0 Å². The summed E-state index contributed by atoms with van der Waals surface area (Å²) in [6, 6.07) is 2.94. The standard InChI is InChI=1S/C13H18ClNO4S/c1-3-15(11-4-5-11)20(17,18)12-7-10(14)6-9(8-16)13(12)19-2/h6-7,11,16H,3-5,8H2,1-2H3. The summed E-state index contributed by atoms with van der Waals surface area (Å²) in [6.45, 7) is 1.87. The zero-order chi connectivity index (χ0) is 14.9. The molecule has 7 heteroatoms. The van der Waals surface area contributed by atoms with E-state index in [1.54, 1.807) is 6.92 Å². The number of rotatable bonds is 6. The van der Waals surface area contributed by atoms with Crippen molar-refractivity contribution in [2.24, 2.45) is 0 Å². The molecule has 1 aliphatic carbocycles. The number of sulfonamides is 1. The van der Waals surface area contributed by atoms with Crippen LogP contribution in [-0.2, 0) is 16.6 Å². The van der Waals surface area contributed by atoms with Gasteiger partial charge >= 0.3 is 0 Å². The van der Waals surface area contributed by atoms with E-state index in [2.05, 4.69) is 0 Å². The smallest absolute Gasteiger partial charge is 0.247 e. The molecule has 2 rings (SSSR count). The molecule has 0 bridgehead atoms. The van der Waals surface area contributed by atoms with Gasteiger partial charge in [0.2, 0.25) is 10.0 Å². The lowest BCUT2D eigenvalue weighted by atomic mass is 10.2. The lowest BCUT2D eigenvalue weighted by molar-refractivity contribution is 0.272. The lowest BCUT2D eigenvalue weighted by Crippen LogP contribution is -2.33. The Bertz CT molecular complexity index is 599. The summed E-state index contributed by atoms with van der Waals surface area (Å²) >= 11 is 5.96. The maximum Gasteiger partial charge on any atom is 0.247 e. The van der Waals surface area contributed by atoms with Gasteiger partial charge in [-0.2, -0.15) is 4.31 Å². The molecule has 1 aliphatic rings. The van der Waals surface area contributed by atoms with Crippen LogP contribution >= 0.6 is 11.6 Å². The molecule has 1 saturated carbocycles. The van der Waals surface area contributed by atoms with E-state index >= 15 is 0 Å². The predicted molar refractivity (Wildman–Crippen MR) is 76.5 cm³/mol. The van der Waals surface area contributed by atoms with Crippen LogP contribution < -0.4 is 4.74 Å². The second kappa shape index (κ2) is 5.89. The Morgan fingerprint density at radius 3 is 2.55 bits per heavy atom. The molecular weight excluding hydrogens is 302 g/mol. The molecule has 0 radical (unpaired) electrons. The van der Waals surface area contributed by atoms with Gasteiger partial charge in [-0.3, -0.25) is 0 Å². The lowest BCUT2D eigenvalue weighted by Gasteiger charge is -2.22. The number of methoxy groups -OCH3 is 1. The summed E-state index contributed by atoms with van der Waals surface area (Å²) in [5.41, 5.74) is 0.366. The average Bonchev–Trinajstić information content (AvgIpc) is 3.22. The van der Waals surface area contributed by atoms with E-state index in [1.807, 2.05) is 0 Å². The fourth-order valence-corrected chi connectivity index (χ4v) is 4.50. The average molecular weight is 320 g/mol. The zero-order valence-corrected chi connectivity index (χ0v) is 13.0. The molecule has 1 N–H and O–H groups in total. The molecular formula is C13H18ClNO4S. The highest BCUT2D eigenvalue weighted by Gasteiger charge is 2.38. The quantitative estimate of drug-likeness (QED) is 0.871. The van der Waals surface area contributed by atoms with Gasteiger partial charge < -0.3 is 9.84 Å². The summed E-state index contributed by atoms with van der Waals surface area (Å²) < 4.78 is 32.1. The Morgan fingerprint density at radius 2 is 2.10 bits per heavy atom. The van der Waals surface area contributed by atoms with E-state index in [1.165, 1.54) is 23.5 Å². The molecule has 0 unspecified atom stereocenters. The molecule has 0 saturated heterocycles. The number of hydrogen-bond acceptors (Lipinski definition) is 4. The van der Waals surface area contributed by atoms with Gasteiger partial charge in [0.25, 0.3) is 0 Å². The van der Waals surface area contributed by atoms with Gasteiger partial charge in [0.15, 0.2) is 0 Å². The summed E-state index contributed by atoms with van der Waals surface area (Å²) in [5.74, 6) is 0.163. The minimum Gasteiger partial charge on any atom is -0.495 e. The summed E-state index contributed by atoms with van der Waals surface area (Å²) in [7, 11) is -2.29. The Kier molecular flexibility index (Phi) is 4.59. The molecule has 1 fully saturated rings. The molecule has 0 aliphatic heterocycles.